The third-order valence-electron chi connectivity index (χ3n) is 3.30. The number of ether oxygens (including phenoxy) is 1. The minimum Gasteiger partial charge on any atom is -0.489 e. The Bertz CT molecular complexity index is 699. The average Bonchev–Trinajstić information content (AvgIpc) is 2.56. The summed E-state index contributed by atoms with van der Waals surface area (Å²) in [5, 5.41) is 2.63. The van der Waals surface area contributed by atoms with Crippen LogP contribution >= 0.6 is 0 Å². The van der Waals surface area contributed by atoms with Gasteiger partial charge in [0.15, 0.2) is 0 Å². The number of para-hydroxylation sites is 2. The molecule has 24 heavy (non-hydrogen) atoms. The highest BCUT2D eigenvalue weighted by Gasteiger charge is 2.20. The quantitative estimate of drug-likeness (QED) is 0.859. The second-order valence-electron chi connectivity index (χ2n) is 5.76. The summed E-state index contributed by atoms with van der Waals surface area (Å²) >= 11 is 0. The molecule has 2 aromatic rings. The van der Waals surface area contributed by atoms with E-state index in [1.807, 2.05) is 50.2 Å². The van der Waals surface area contributed by atoms with E-state index in [-0.39, 0.29) is 6.10 Å². The van der Waals surface area contributed by atoms with Crippen molar-refractivity contribution in [3.05, 3.63) is 60.2 Å². The monoisotopic (exact) mass is 326 g/mol. The van der Waals surface area contributed by atoms with E-state index >= 15 is 0 Å². The summed E-state index contributed by atoms with van der Waals surface area (Å²) in [5.74, 6) is -0.745. The molecule has 2 aromatic carbocycles. The van der Waals surface area contributed by atoms with Gasteiger partial charge in [0.1, 0.15) is 5.75 Å². The standard InChI is InChI=1S/C19H22N2O3/c1-14(2)24-17-12-8-7-11-16(17)20-18(22)19(23)21(3)13-15-9-5-4-6-10-15/h4-12,14H,13H2,1-3H3,(H,20,22). The van der Waals surface area contributed by atoms with Crippen molar-refractivity contribution < 1.29 is 14.3 Å². The maximum absolute atomic E-state index is 12.3. The molecular weight excluding hydrogens is 304 g/mol. The number of hydrogen-bond acceptors (Lipinski definition) is 3. The van der Waals surface area contributed by atoms with Gasteiger partial charge in [-0.05, 0) is 31.5 Å². The van der Waals surface area contributed by atoms with Crippen LogP contribution in [0.4, 0.5) is 5.69 Å². The number of nitrogens with zero attached hydrogens (tertiary/aromatic N) is 1. The van der Waals surface area contributed by atoms with Gasteiger partial charge in [0, 0.05) is 13.6 Å². The third kappa shape index (κ3) is 4.84. The minimum atomic E-state index is -0.687. The van der Waals surface area contributed by atoms with Gasteiger partial charge in [0.05, 0.1) is 11.8 Å². The molecule has 5 heteroatoms. The van der Waals surface area contributed by atoms with Crippen molar-refractivity contribution >= 4 is 17.5 Å². The summed E-state index contributed by atoms with van der Waals surface area (Å²) in [6.07, 6.45) is -0.0282. The van der Waals surface area contributed by atoms with Crippen LogP contribution in [0.25, 0.3) is 0 Å². The highest BCUT2D eigenvalue weighted by molar-refractivity contribution is 6.39. The number of hydrogen-bond donors (Lipinski definition) is 1. The van der Waals surface area contributed by atoms with Crippen molar-refractivity contribution in [3.63, 3.8) is 0 Å². The highest BCUT2D eigenvalue weighted by atomic mass is 16.5. The molecule has 0 fully saturated rings. The lowest BCUT2D eigenvalue weighted by atomic mass is 10.2. The lowest BCUT2D eigenvalue weighted by Gasteiger charge is -2.18. The van der Waals surface area contributed by atoms with E-state index in [1.54, 1.807) is 25.2 Å². The van der Waals surface area contributed by atoms with Gasteiger partial charge in [-0.25, -0.2) is 0 Å². The Labute approximate surface area is 142 Å². The molecule has 126 valence electrons. The lowest BCUT2D eigenvalue weighted by molar-refractivity contribution is -0.142. The molecular formula is C19H22N2O3. The molecule has 0 aromatic heterocycles. The predicted octanol–water partition coefficient (Wildman–Crippen LogP) is 3.07. The summed E-state index contributed by atoms with van der Waals surface area (Å²) in [7, 11) is 1.60. The molecule has 0 saturated carbocycles. The average molecular weight is 326 g/mol. The van der Waals surface area contributed by atoms with Crippen LogP contribution in [0.1, 0.15) is 19.4 Å². The maximum Gasteiger partial charge on any atom is 0.314 e. The molecule has 2 amide bonds. The van der Waals surface area contributed by atoms with E-state index < -0.39 is 11.8 Å². The van der Waals surface area contributed by atoms with Gasteiger partial charge in [-0.15, -0.1) is 0 Å². The number of rotatable bonds is 5. The molecule has 0 unspecified atom stereocenters. The summed E-state index contributed by atoms with van der Waals surface area (Å²) in [4.78, 5) is 25.9. The third-order valence-corrected chi connectivity index (χ3v) is 3.30. The summed E-state index contributed by atoms with van der Waals surface area (Å²) < 4.78 is 5.64. The number of amides is 2. The zero-order valence-electron chi connectivity index (χ0n) is 14.2. The Hall–Kier alpha value is -2.82. The van der Waals surface area contributed by atoms with Gasteiger partial charge in [-0.2, -0.15) is 0 Å². The fourth-order valence-electron chi connectivity index (χ4n) is 2.20. The Balaban J connectivity index is 2.02. The van der Waals surface area contributed by atoms with Crippen LogP contribution in [0.15, 0.2) is 54.6 Å². The van der Waals surface area contributed by atoms with Crippen LogP contribution < -0.4 is 10.1 Å². The first-order valence-electron chi connectivity index (χ1n) is 7.83. The van der Waals surface area contributed by atoms with Gasteiger partial charge in [0.2, 0.25) is 0 Å². The van der Waals surface area contributed by atoms with Crippen molar-refractivity contribution in [2.75, 3.05) is 12.4 Å². The Kier molecular flexibility index (Phi) is 5.95. The molecule has 0 aliphatic carbocycles. The number of likely N-dealkylation sites (N-methyl/N-ethyl adjacent to an activating group) is 1. The minimum absolute atomic E-state index is 0.0282. The van der Waals surface area contributed by atoms with Crippen molar-refractivity contribution in [2.45, 2.75) is 26.5 Å². The first-order valence-corrected chi connectivity index (χ1v) is 7.83. The van der Waals surface area contributed by atoms with E-state index in [0.717, 1.165) is 5.56 Å². The normalized spacial score (nSPS) is 10.3. The lowest BCUT2D eigenvalue weighted by Crippen LogP contribution is -2.36. The number of anilines is 1. The fraction of sp³-hybridized carbons (Fsp3) is 0.263. The molecule has 0 radical (unpaired) electrons. The molecule has 0 aliphatic rings. The molecule has 0 heterocycles. The van der Waals surface area contributed by atoms with Crippen LogP contribution in [0.2, 0.25) is 0 Å². The van der Waals surface area contributed by atoms with E-state index in [1.165, 1.54) is 4.90 Å². The topological polar surface area (TPSA) is 58.6 Å². The smallest absolute Gasteiger partial charge is 0.314 e. The van der Waals surface area contributed by atoms with Crippen LogP contribution in [0, 0.1) is 0 Å². The molecule has 0 saturated heterocycles. The van der Waals surface area contributed by atoms with Gasteiger partial charge >= 0.3 is 11.8 Å². The van der Waals surface area contributed by atoms with Crippen LogP contribution in [-0.2, 0) is 16.1 Å². The van der Waals surface area contributed by atoms with E-state index in [4.69, 9.17) is 4.74 Å². The fourth-order valence-corrected chi connectivity index (χ4v) is 2.20. The first kappa shape index (κ1) is 17.5. The van der Waals surface area contributed by atoms with Gasteiger partial charge in [-0.1, -0.05) is 42.5 Å². The molecule has 1 N–H and O–H groups in total. The zero-order valence-corrected chi connectivity index (χ0v) is 14.2. The number of benzene rings is 2. The van der Waals surface area contributed by atoms with Gasteiger partial charge < -0.3 is 15.0 Å². The van der Waals surface area contributed by atoms with E-state index in [0.29, 0.717) is 18.0 Å². The van der Waals surface area contributed by atoms with Crippen molar-refractivity contribution in [1.29, 1.82) is 0 Å². The number of carbonyl (C=O) groups is 2. The second kappa shape index (κ2) is 8.15. The van der Waals surface area contributed by atoms with Crippen molar-refractivity contribution in [3.8, 4) is 5.75 Å². The SMILES string of the molecule is CC(C)Oc1ccccc1NC(=O)C(=O)N(C)Cc1ccccc1. The van der Waals surface area contributed by atoms with E-state index in [2.05, 4.69) is 5.32 Å². The molecule has 0 spiro atoms. The number of carbonyl (C=O) groups excluding carboxylic acids is 2. The van der Waals surface area contributed by atoms with Crippen molar-refractivity contribution in [1.82, 2.24) is 4.90 Å². The van der Waals surface area contributed by atoms with Crippen LogP contribution in [-0.4, -0.2) is 29.9 Å². The molecule has 0 atom stereocenters. The number of nitrogens with one attached hydrogen (secondary N) is 1. The van der Waals surface area contributed by atoms with Crippen LogP contribution in [0.5, 0.6) is 5.75 Å². The summed E-state index contributed by atoms with van der Waals surface area (Å²) in [5.41, 5.74) is 1.45. The maximum atomic E-state index is 12.3. The molecule has 0 bridgehead atoms. The van der Waals surface area contributed by atoms with E-state index in [9.17, 15) is 9.59 Å². The Morgan fingerprint density at radius 1 is 1.04 bits per heavy atom. The summed E-state index contributed by atoms with van der Waals surface area (Å²) in [6.45, 7) is 4.17. The largest absolute Gasteiger partial charge is 0.489 e. The molecule has 5 nitrogen and oxygen atoms in total. The molecule has 2 rings (SSSR count). The second-order valence-corrected chi connectivity index (χ2v) is 5.76. The summed E-state index contributed by atoms with van der Waals surface area (Å²) in [6, 6.07) is 16.6. The van der Waals surface area contributed by atoms with Crippen LogP contribution in [0.3, 0.4) is 0 Å². The highest BCUT2D eigenvalue weighted by Crippen LogP contribution is 2.24. The van der Waals surface area contributed by atoms with Crippen molar-refractivity contribution in [2.24, 2.45) is 0 Å². The predicted molar refractivity (Wildman–Crippen MR) is 93.8 cm³/mol. The van der Waals surface area contributed by atoms with Gasteiger partial charge in [-0.3, -0.25) is 9.59 Å². The molecule has 0 aliphatic heterocycles. The first-order chi connectivity index (χ1) is 11.5. The zero-order chi connectivity index (χ0) is 17.5. The van der Waals surface area contributed by atoms with Gasteiger partial charge in [0.25, 0.3) is 0 Å². The Morgan fingerprint density at radius 3 is 2.33 bits per heavy atom. The Morgan fingerprint density at radius 2 is 1.67 bits per heavy atom.